The molecular weight excluding hydrogens is 302 g/mol. The van der Waals surface area contributed by atoms with Crippen molar-refractivity contribution in [3.63, 3.8) is 0 Å². The van der Waals surface area contributed by atoms with Crippen LogP contribution in [-0.2, 0) is 6.54 Å². The predicted octanol–water partition coefficient (Wildman–Crippen LogP) is 2.77. The van der Waals surface area contributed by atoms with Crippen molar-refractivity contribution in [3.8, 4) is 5.75 Å². The first-order valence-corrected chi connectivity index (χ1v) is 8.18. The number of rotatable bonds is 9. The molecule has 0 aliphatic rings. The molecule has 1 aromatic carbocycles. The van der Waals surface area contributed by atoms with Crippen molar-refractivity contribution < 1.29 is 4.74 Å². The van der Waals surface area contributed by atoms with Crippen LogP contribution in [0.5, 0.6) is 5.75 Å². The Balaban J connectivity index is 1.89. The Kier molecular flexibility index (Phi) is 6.81. The molecule has 0 saturated carbocycles. The summed E-state index contributed by atoms with van der Waals surface area (Å²) >= 11 is 0. The van der Waals surface area contributed by atoms with Gasteiger partial charge in [-0.1, -0.05) is 12.1 Å². The molecule has 0 radical (unpaired) electrons. The maximum absolute atomic E-state index is 5.17. The van der Waals surface area contributed by atoms with E-state index in [1.54, 1.807) is 7.11 Å². The molecule has 0 atom stereocenters. The topological polar surface area (TPSA) is 62.3 Å². The number of nitrogens with one attached hydrogen (secondary N) is 2. The van der Waals surface area contributed by atoms with Crippen LogP contribution < -0.4 is 15.4 Å². The normalized spacial score (nSPS) is 10.7. The summed E-state index contributed by atoms with van der Waals surface area (Å²) in [5.41, 5.74) is 1.17. The molecule has 24 heavy (non-hydrogen) atoms. The van der Waals surface area contributed by atoms with Crippen molar-refractivity contribution in [2.24, 2.45) is 0 Å². The first-order chi connectivity index (χ1) is 11.6. The van der Waals surface area contributed by atoms with Gasteiger partial charge in [0.05, 0.1) is 7.11 Å². The van der Waals surface area contributed by atoms with E-state index in [9.17, 15) is 0 Å². The summed E-state index contributed by atoms with van der Waals surface area (Å²) in [6.07, 6.45) is 1.07. The van der Waals surface area contributed by atoms with Crippen molar-refractivity contribution in [3.05, 3.63) is 41.7 Å². The van der Waals surface area contributed by atoms with E-state index < -0.39 is 0 Å². The number of benzene rings is 1. The van der Waals surface area contributed by atoms with E-state index in [2.05, 4.69) is 39.6 Å². The number of ether oxygens (including phenoxy) is 1. The van der Waals surface area contributed by atoms with Crippen LogP contribution >= 0.6 is 0 Å². The summed E-state index contributed by atoms with van der Waals surface area (Å²) < 4.78 is 5.17. The zero-order valence-corrected chi connectivity index (χ0v) is 15.0. The van der Waals surface area contributed by atoms with E-state index in [1.807, 2.05) is 37.3 Å². The van der Waals surface area contributed by atoms with Crippen LogP contribution in [0.1, 0.15) is 17.8 Å². The standard InChI is InChI=1S/C18H27N5O/c1-14-21-17(19-10-5-11-23(2)3)12-18(22-14)20-13-15-6-8-16(24-4)9-7-15/h6-9,12H,5,10-11,13H2,1-4H3,(H2,19,20,21,22). The molecule has 130 valence electrons. The molecule has 2 aromatic rings. The number of hydrogen-bond acceptors (Lipinski definition) is 6. The van der Waals surface area contributed by atoms with Crippen molar-refractivity contribution >= 4 is 11.6 Å². The molecule has 2 N–H and O–H groups in total. The van der Waals surface area contributed by atoms with E-state index in [0.717, 1.165) is 42.7 Å². The minimum Gasteiger partial charge on any atom is -0.497 e. The zero-order chi connectivity index (χ0) is 17.4. The van der Waals surface area contributed by atoms with Crippen molar-refractivity contribution in [2.75, 3.05) is 44.9 Å². The molecule has 0 bridgehead atoms. The molecule has 0 aliphatic carbocycles. The first-order valence-electron chi connectivity index (χ1n) is 8.18. The van der Waals surface area contributed by atoms with E-state index in [4.69, 9.17) is 4.74 Å². The zero-order valence-electron chi connectivity index (χ0n) is 15.0. The lowest BCUT2D eigenvalue weighted by Crippen LogP contribution is -2.17. The van der Waals surface area contributed by atoms with Gasteiger partial charge in [-0.15, -0.1) is 0 Å². The fourth-order valence-electron chi connectivity index (χ4n) is 2.30. The van der Waals surface area contributed by atoms with Crippen LogP contribution in [0.2, 0.25) is 0 Å². The molecular formula is C18H27N5O. The molecule has 0 unspecified atom stereocenters. The fourth-order valence-corrected chi connectivity index (χ4v) is 2.30. The minimum absolute atomic E-state index is 0.709. The van der Waals surface area contributed by atoms with Gasteiger partial charge in [-0.2, -0.15) is 0 Å². The predicted molar refractivity (Wildman–Crippen MR) is 98.8 cm³/mol. The fraction of sp³-hybridized carbons (Fsp3) is 0.444. The number of anilines is 2. The maximum atomic E-state index is 5.17. The Labute approximate surface area is 144 Å². The van der Waals surface area contributed by atoms with Gasteiger partial charge in [-0.3, -0.25) is 0 Å². The van der Waals surface area contributed by atoms with Gasteiger partial charge < -0.3 is 20.3 Å². The third-order valence-corrected chi connectivity index (χ3v) is 3.56. The highest BCUT2D eigenvalue weighted by Crippen LogP contribution is 2.15. The molecule has 0 amide bonds. The Morgan fingerprint density at radius 2 is 1.71 bits per heavy atom. The molecule has 1 aromatic heterocycles. The Morgan fingerprint density at radius 3 is 2.33 bits per heavy atom. The average molecular weight is 329 g/mol. The van der Waals surface area contributed by atoms with Gasteiger partial charge in [-0.05, 0) is 51.7 Å². The smallest absolute Gasteiger partial charge is 0.132 e. The van der Waals surface area contributed by atoms with Crippen LogP contribution in [0.3, 0.4) is 0 Å². The lowest BCUT2D eigenvalue weighted by Gasteiger charge is -2.12. The van der Waals surface area contributed by atoms with Crippen molar-refractivity contribution in [2.45, 2.75) is 19.9 Å². The molecule has 0 aliphatic heterocycles. The second-order valence-corrected chi connectivity index (χ2v) is 5.97. The number of aromatic nitrogens is 2. The second-order valence-electron chi connectivity index (χ2n) is 5.97. The Morgan fingerprint density at radius 1 is 1.04 bits per heavy atom. The molecule has 0 spiro atoms. The van der Waals surface area contributed by atoms with Crippen LogP contribution in [0.4, 0.5) is 11.6 Å². The van der Waals surface area contributed by atoms with Gasteiger partial charge in [0, 0.05) is 19.2 Å². The maximum Gasteiger partial charge on any atom is 0.132 e. The average Bonchev–Trinajstić information content (AvgIpc) is 2.57. The van der Waals surface area contributed by atoms with Gasteiger partial charge in [0.25, 0.3) is 0 Å². The first kappa shape index (κ1) is 18.0. The molecule has 0 saturated heterocycles. The van der Waals surface area contributed by atoms with Crippen molar-refractivity contribution in [1.82, 2.24) is 14.9 Å². The molecule has 6 nitrogen and oxygen atoms in total. The summed E-state index contributed by atoms with van der Waals surface area (Å²) in [7, 11) is 5.83. The minimum atomic E-state index is 0.709. The summed E-state index contributed by atoms with van der Waals surface area (Å²) in [6, 6.07) is 9.95. The largest absolute Gasteiger partial charge is 0.497 e. The van der Waals surface area contributed by atoms with E-state index in [-0.39, 0.29) is 0 Å². The molecule has 0 fully saturated rings. The lowest BCUT2D eigenvalue weighted by molar-refractivity contribution is 0.405. The summed E-state index contributed by atoms with van der Waals surface area (Å²) in [4.78, 5) is 11.1. The van der Waals surface area contributed by atoms with Crippen LogP contribution in [0, 0.1) is 6.92 Å². The molecule has 2 rings (SSSR count). The Bertz CT molecular complexity index is 628. The van der Waals surface area contributed by atoms with Gasteiger partial charge in [0.1, 0.15) is 23.2 Å². The van der Waals surface area contributed by atoms with Crippen molar-refractivity contribution in [1.29, 1.82) is 0 Å². The number of methoxy groups -OCH3 is 1. The van der Waals surface area contributed by atoms with E-state index in [1.165, 1.54) is 5.56 Å². The third kappa shape index (κ3) is 6.04. The van der Waals surface area contributed by atoms with Crippen LogP contribution in [0.15, 0.2) is 30.3 Å². The molecule has 6 heteroatoms. The monoisotopic (exact) mass is 329 g/mol. The summed E-state index contributed by atoms with van der Waals surface area (Å²) in [5.74, 6) is 3.30. The van der Waals surface area contributed by atoms with E-state index >= 15 is 0 Å². The summed E-state index contributed by atoms with van der Waals surface area (Å²) in [6.45, 7) is 4.57. The number of nitrogens with zero attached hydrogens (tertiary/aromatic N) is 3. The summed E-state index contributed by atoms with van der Waals surface area (Å²) in [5, 5.41) is 6.71. The molecule has 1 heterocycles. The highest BCUT2D eigenvalue weighted by molar-refractivity contribution is 5.48. The van der Waals surface area contributed by atoms with Gasteiger partial charge in [-0.25, -0.2) is 9.97 Å². The highest BCUT2D eigenvalue weighted by atomic mass is 16.5. The van der Waals surface area contributed by atoms with Gasteiger partial charge in [0.15, 0.2) is 0 Å². The third-order valence-electron chi connectivity index (χ3n) is 3.56. The van der Waals surface area contributed by atoms with Gasteiger partial charge in [0.2, 0.25) is 0 Å². The highest BCUT2D eigenvalue weighted by Gasteiger charge is 2.02. The SMILES string of the molecule is COc1ccc(CNc2cc(NCCCN(C)C)nc(C)n2)cc1. The number of hydrogen-bond donors (Lipinski definition) is 2. The van der Waals surface area contributed by atoms with Crippen LogP contribution in [0.25, 0.3) is 0 Å². The quantitative estimate of drug-likeness (QED) is 0.690. The Hall–Kier alpha value is -2.34. The van der Waals surface area contributed by atoms with Gasteiger partial charge >= 0.3 is 0 Å². The van der Waals surface area contributed by atoms with Crippen LogP contribution in [-0.4, -0.2) is 49.2 Å². The second kappa shape index (κ2) is 9.08. The van der Waals surface area contributed by atoms with E-state index in [0.29, 0.717) is 6.54 Å². The lowest BCUT2D eigenvalue weighted by atomic mass is 10.2. The number of aryl methyl sites for hydroxylation is 1.